The van der Waals surface area contributed by atoms with Gasteiger partial charge in [-0.05, 0) is 49.8 Å². The van der Waals surface area contributed by atoms with Gasteiger partial charge in [-0.1, -0.05) is 0 Å². The summed E-state index contributed by atoms with van der Waals surface area (Å²) in [5.41, 5.74) is 3.17. The van der Waals surface area contributed by atoms with E-state index < -0.39 is 0 Å². The van der Waals surface area contributed by atoms with Crippen molar-refractivity contribution >= 4 is 6.08 Å². The highest BCUT2D eigenvalue weighted by molar-refractivity contribution is 5.70. The van der Waals surface area contributed by atoms with Crippen molar-refractivity contribution in [2.45, 2.75) is 38.1 Å². The van der Waals surface area contributed by atoms with Crippen LogP contribution < -0.4 is 14.2 Å². The molecule has 0 spiro atoms. The van der Waals surface area contributed by atoms with Crippen molar-refractivity contribution in [3.8, 4) is 23.0 Å². The summed E-state index contributed by atoms with van der Waals surface area (Å²) in [5, 5.41) is 19.6. The maximum atomic E-state index is 9.90. The van der Waals surface area contributed by atoms with Crippen LogP contribution >= 0.6 is 0 Å². The SMILES string of the molecule is CC1(C)C=Cc2c(ccc3c2OCC2c4c(CO)cc(O)cc4OC32)O1. The number of phenolic OH excluding ortho intramolecular Hbond substituents is 1. The van der Waals surface area contributed by atoms with Gasteiger partial charge in [0, 0.05) is 17.2 Å². The maximum absolute atomic E-state index is 9.90. The fourth-order valence-electron chi connectivity index (χ4n) is 4.14. The summed E-state index contributed by atoms with van der Waals surface area (Å²) in [6.45, 7) is 4.34. The molecule has 3 aliphatic rings. The Morgan fingerprint density at radius 1 is 1.19 bits per heavy atom. The van der Waals surface area contributed by atoms with Crippen molar-refractivity contribution in [2.75, 3.05) is 6.61 Å². The Bertz CT molecular complexity index is 944. The van der Waals surface area contributed by atoms with E-state index in [0.29, 0.717) is 17.9 Å². The molecular weight excluding hydrogens is 332 g/mol. The van der Waals surface area contributed by atoms with E-state index >= 15 is 0 Å². The molecule has 2 atom stereocenters. The minimum absolute atomic E-state index is 0.0109. The Kier molecular flexibility index (Phi) is 3.10. The fraction of sp³-hybridized carbons (Fsp3) is 0.333. The highest BCUT2D eigenvalue weighted by Gasteiger charge is 2.43. The quantitative estimate of drug-likeness (QED) is 0.819. The molecule has 2 unspecified atom stereocenters. The first-order valence-corrected chi connectivity index (χ1v) is 8.78. The maximum Gasteiger partial charge on any atom is 0.138 e. The number of aromatic hydroxyl groups is 1. The number of hydrogen-bond acceptors (Lipinski definition) is 5. The third-order valence-corrected chi connectivity index (χ3v) is 5.30. The highest BCUT2D eigenvalue weighted by Crippen LogP contribution is 2.55. The van der Waals surface area contributed by atoms with E-state index in [1.807, 2.05) is 38.1 Å². The molecule has 0 saturated heterocycles. The summed E-state index contributed by atoms with van der Waals surface area (Å²) >= 11 is 0. The second kappa shape index (κ2) is 5.17. The van der Waals surface area contributed by atoms with Gasteiger partial charge < -0.3 is 24.4 Å². The number of phenols is 1. The van der Waals surface area contributed by atoms with Gasteiger partial charge in [0.2, 0.25) is 0 Å². The Labute approximate surface area is 151 Å². The summed E-state index contributed by atoms with van der Waals surface area (Å²) in [6.07, 6.45) is 3.87. The fourth-order valence-corrected chi connectivity index (χ4v) is 4.14. The minimum atomic E-state index is -0.341. The Morgan fingerprint density at radius 3 is 2.85 bits per heavy atom. The minimum Gasteiger partial charge on any atom is -0.508 e. The molecule has 2 N–H and O–H groups in total. The van der Waals surface area contributed by atoms with Crippen LogP contribution in [0.15, 0.2) is 30.3 Å². The van der Waals surface area contributed by atoms with Crippen LogP contribution in [0, 0.1) is 0 Å². The third kappa shape index (κ3) is 2.13. The van der Waals surface area contributed by atoms with Gasteiger partial charge in [0.15, 0.2) is 0 Å². The topological polar surface area (TPSA) is 68.2 Å². The lowest BCUT2D eigenvalue weighted by Crippen LogP contribution is -2.29. The summed E-state index contributed by atoms with van der Waals surface area (Å²) in [7, 11) is 0. The second-order valence-electron chi connectivity index (χ2n) is 7.57. The third-order valence-electron chi connectivity index (χ3n) is 5.30. The number of rotatable bonds is 1. The number of fused-ring (bicyclic) bond motifs is 7. The van der Waals surface area contributed by atoms with Gasteiger partial charge in [-0.3, -0.25) is 0 Å². The van der Waals surface area contributed by atoms with Gasteiger partial charge >= 0.3 is 0 Å². The lowest BCUT2D eigenvalue weighted by Gasteiger charge is -2.33. The predicted octanol–water partition coefficient (Wildman–Crippen LogP) is 3.68. The highest BCUT2D eigenvalue weighted by atomic mass is 16.5. The largest absolute Gasteiger partial charge is 0.508 e. The van der Waals surface area contributed by atoms with Crippen molar-refractivity contribution in [3.63, 3.8) is 0 Å². The zero-order valence-electron chi connectivity index (χ0n) is 14.7. The van der Waals surface area contributed by atoms with Gasteiger partial charge in [0.1, 0.15) is 34.7 Å². The Hall–Kier alpha value is -2.66. The van der Waals surface area contributed by atoms with Crippen molar-refractivity contribution in [3.05, 3.63) is 52.6 Å². The molecule has 0 fully saturated rings. The number of aliphatic hydroxyl groups excluding tert-OH is 1. The van der Waals surface area contributed by atoms with Crippen LogP contribution in [0.25, 0.3) is 6.08 Å². The van der Waals surface area contributed by atoms with Crippen LogP contribution in [0.1, 0.15) is 48.1 Å². The monoisotopic (exact) mass is 352 g/mol. The predicted molar refractivity (Wildman–Crippen MR) is 95.8 cm³/mol. The van der Waals surface area contributed by atoms with E-state index in [2.05, 4.69) is 0 Å². The van der Waals surface area contributed by atoms with E-state index in [0.717, 1.165) is 28.2 Å². The first kappa shape index (κ1) is 15.6. The molecule has 0 amide bonds. The van der Waals surface area contributed by atoms with Gasteiger partial charge in [0.05, 0.1) is 24.7 Å². The first-order chi connectivity index (χ1) is 12.5. The zero-order chi connectivity index (χ0) is 18.1. The lowest BCUT2D eigenvalue weighted by atomic mass is 9.85. The number of hydrogen-bond donors (Lipinski definition) is 2. The molecule has 5 rings (SSSR count). The zero-order valence-corrected chi connectivity index (χ0v) is 14.7. The summed E-state index contributed by atoms with van der Waals surface area (Å²) in [4.78, 5) is 0. The van der Waals surface area contributed by atoms with E-state index in [4.69, 9.17) is 14.2 Å². The van der Waals surface area contributed by atoms with Crippen LogP contribution in [-0.2, 0) is 6.61 Å². The molecule has 0 saturated carbocycles. The molecule has 3 aliphatic heterocycles. The van der Waals surface area contributed by atoms with Crippen LogP contribution in [0.3, 0.4) is 0 Å². The van der Waals surface area contributed by atoms with Gasteiger partial charge in [-0.15, -0.1) is 0 Å². The van der Waals surface area contributed by atoms with Gasteiger partial charge in [-0.25, -0.2) is 0 Å². The molecule has 0 aromatic heterocycles. The number of aliphatic hydroxyl groups is 1. The Balaban J connectivity index is 1.61. The second-order valence-corrected chi connectivity index (χ2v) is 7.57. The van der Waals surface area contributed by atoms with E-state index in [-0.39, 0.29) is 30.0 Å². The van der Waals surface area contributed by atoms with E-state index in [1.165, 1.54) is 0 Å². The first-order valence-electron chi connectivity index (χ1n) is 8.78. The average molecular weight is 352 g/mol. The molecule has 0 aliphatic carbocycles. The van der Waals surface area contributed by atoms with Gasteiger partial charge in [-0.2, -0.15) is 0 Å². The molecule has 2 aromatic carbocycles. The molecule has 134 valence electrons. The van der Waals surface area contributed by atoms with Gasteiger partial charge in [0.25, 0.3) is 0 Å². The van der Waals surface area contributed by atoms with Crippen molar-refractivity contribution < 1.29 is 24.4 Å². The van der Waals surface area contributed by atoms with Crippen LogP contribution in [0.2, 0.25) is 0 Å². The van der Waals surface area contributed by atoms with Crippen molar-refractivity contribution in [1.29, 1.82) is 0 Å². The smallest absolute Gasteiger partial charge is 0.138 e. The molecule has 2 aromatic rings. The molecule has 5 nitrogen and oxygen atoms in total. The summed E-state index contributed by atoms with van der Waals surface area (Å²) < 4.78 is 18.3. The molecule has 0 radical (unpaired) electrons. The number of ether oxygens (including phenoxy) is 3. The van der Waals surface area contributed by atoms with Crippen molar-refractivity contribution in [1.82, 2.24) is 0 Å². The summed E-state index contributed by atoms with van der Waals surface area (Å²) in [6, 6.07) is 7.15. The van der Waals surface area contributed by atoms with Crippen LogP contribution in [0.5, 0.6) is 23.0 Å². The normalized spacial score (nSPS) is 23.7. The van der Waals surface area contributed by atoms with E-state index in [1.54, 1.807) is 12.1 Å². The summed E-state index contributed by atoms with van der Waals surface area (Å²) in [5.74, 6) is 2.29. The van der Waals surface area contributed by atoms with E-state index in [9.17, 15) is 10.2 Å². The molecule has 0 bridgehead atoms. The molecule has 5 heteroatoms. The molecule has 26 heavy (non-hydrogen) atoms. The lowest BCUT2D eigenvalue weighted by molar-refractivity contribution is 0.134. The van der Waals surface area contributed by atoms with Crippen molar-refractivity contribution in [2.24, 2.45) is 0 Å². The van der Waals surface area contributed by atoms with Crippen LogP contribution in [-0.4, -0.2) is 22.4 Å². The molecular formula is C21H20O5. The number of benzene rings is 2. The standard InChI is InChI=1S/C21H20O5/c1-21(2)6-5-13-16(26-21)4-3-14-19(13)24-10-15-18-11(9-22)7-12(23)8-17(18)25-20(14)15/h3-8,15,20,22-23H,9-10H2,1-2H3. The Morgan fingerprint density at radius 2 is 2.04 bits per heavy atom. The van der Waals surface area contributed by atoms with Crippen LogP contribution in [0.4, 0.5) is 0 Å². The average Bonchev–Trinajstić information content (AvgIpc) is 2.97. The molecule has 3 heterocycles.